The van der Waals surface area contributed by atoms with Crippen LogP contribution in [0, 0.1) is 5.92 Å². The first-order valence-corrected chi connectivity index (χ1v) is 7.06. The zero-order chi connectivity index (χ0) is 16.8. The van der Waals surface area contributed by atoms with Crippen LogP contribution >= 0.6 is 0 Å². The first-order chi connectivity index (χ1) is 10.2. The van der Waals surface area contributed by atoms with E-state index in [9.17, 15) is 18.0 Å². The van der Waals surface area contributed by atoms with Crippen molar-refractivity contribution in [1.82, 2.24) is 5.32 Å². The van der Waals surface area contributed by atoms with Crippen LogP contribution in [0.5, 0.6) is 0 Å². The molecule has 4 nitrogen and oxygen atoms in total. The molecule has 0 fully saturated rings. The molecule has 1 aromatic rings. The van der Waals surface area contributed by atoms with Gasteiger partial charge in [-0.15, -0.1) is 0 Å². The number of amides is 2. The third kappa shape index (κ3) is 6.34. The van der Waals surface area contributed by atoms with E-state index in [-0.39, 0.29) is 25.0 Å². The topological polar surface area (TPSA) is 61.4 Å². The minimum Gasteiger partial charge on any atom is -0.396 e. The minimum atomic E-state index is -4.24. The van der Waals surface area contributed by atoms with Crippen molar-refractivity contribution in [3.8, 4) is 0 Å². The smallest absolute Gasteiger partial charge is 0.389 e. The second kappa shape index (κ2) is 8.03. The number of nitrogens with one attached hydrogen (secondary N) is 2. The molecule has 0 heterocycles. The van der Waals surface area contributed by atoms with Gasteiger partial charge in [0.15, 0.2) is 0 Å². The second-order valence-electron chi connectivity index (χ2n) is 5.32. The Morgan fingerprint density at radius 3 is 2.50 bits per heavy atom. The molecule has 0 aliphatic heterocycles. The summed E-state index contributed by atoms with van der Waals surface area (Å²) in [7, 11) is 0. The van der Waals surface area contributed by atoms with Crippen molar-refractivity contribution in [3.05, 3.63) is 29.8 Å². The average Bonchev–Trinajstić information content (AvgIpc) is 2.44. The van der Waals surface area contributed by atoms with Crippen LogP contribution in [0.3, 0.4) is 0 Å². The molecule has 2 atom stereocenters. The van der Waals surface area contributed by atoms with Gasteiger partial charge in [0.25, 0.3) is 0 Å². The van der Waals surface area contributed by atoms with E-state index in [0.29, 0.717) is 11.3 Å². The van der Waals surface area contributed by atoms with Gasteiger partial charge in [0.2, 0.25) is 0 Å². The average molecular weight is 318 g/mol. The zero-order valence-electron chi connectivity index (χ0n) is 12.6. The summed E-state index contributed by atoms with van der Waals surface area (Å²) in [6.45, 7) is 3.46. The van der Waals surface area contributed by atoms with Crippen LogP contribution in [0.15, 0.2) is 24.3 Å². The summed E-state index contributed by atoms with van der Waals surface area (Å²) in [5.41, 5.74) is 0.783. The number of alkyl halides is 3. The number of halogens is 3. The molecule has 0 saturated carbocycles. The quantitative estimate of drug-likeness (QED) is 0.753. The van der Waals surface area contributed by atoms with Gasteiger partial charge in [-0.1, -0.05) is 25.1 Å². The second-order valence-corrected chi connectivity index (χ2v) is 5.32. The molecule has 7 heteroatoms. The Morgan fingerprint density at radius 1 is 1.27 bits per heavy atom. The number of rotatable bonds is 6. The van der Waals surface area contributed by atoms with Crippen LogP contribution in [0.2, 0.25) is 0 Å². The highest BCUT2D eigenvalue weighted by Crippen LogP contribution is 2.25. The number of aliphatic hydroxyl groups is 1. The zero-order valence-corrected chi connectivity index (χ0v) is 12.6. The van der Waals surface area contributed by atoms with Gasteiger partial charge in [0.05, 0.1) is 0 Å². The van der Waals surface area contributed by atoms with Gasteiger partial charge in [-0.2, -0.15) is 13.2 Å². The van der Waals surface area contributed by atoms with Crippen molar-refractivity contribution in [2.45, 2.75) is 38.9 Å². The lowest BCUT2D eigenvalue weighted by Gasteiger charge is -2.20. The summed E-state index contributed by atoms with van der Waals surface area (Å²) in [5, 5.41) is 14.2. The SMILES string of the molecule is CC(CO)C(C)NC(=O)Nc1ccccc1CCC(F)(F)F. The molecule has 124 valence electrons. The Kier molecular flexibility index (Phi) is 6.67. The Morgan fingerprint density at radius 2 is 1.91 bits per heavy atom. The summed E-state index contributed by atoms with van der Waals surface area (Å²) >= 11 is 0. The maximum absolute atomic E-state index is 12.3. The van der Waals surface area contributed by atoms with E-state index in [1.807, 2.05) is 0 Å². The van der Waals surface area contributed by atoms with Gasteiger partial charge in [0, 0.05) is 24.8 Å². The van der Waals surface area contributed by atoms with Crippen molar-refractivity contribution >= 4 is 11.7 Å². The number of hydrogen-bond donors (Lipinski definition) is 3. The van der Waals surface area contributed by atoms with Crippen molar-refractivity contribution < 1.29 is 23.1 Å². The Balaban J connectivity index is 2.67. The van der Waals surface area contributed by atoms with E-state index >= 15 is 0 Å². The molecular weight excluding hydrogens is 297 g/mol. The van der Waals surface area contributed by atoms with E-state index in [4.69, 9.17) is 5.11 Å². The van der Waals surface area contributed by atoms with Gasteiger partial charge in [-0.3, -0.25) is 0 Å². The van der Waals surface area contributed by atoms with Gasteiger partial charge < -0.3 is 15.7 Å². The molecule has 1 rings (SSSR count). The normalized spacial score (nSPS) is 14.3. The number of carbonyl (C=O) groups is 1. The first kappa shape index (κ1) is 18.3. The van der Waals surface area contributed by atoms with E-state index < -0.39 is 18.6 Å². The van der Waals surface area contributed by atoms with E-state index in [1.165, 1.54) is 0 Å². The number of para-hydroxylation sites is 1. The maximum Gasteiger partial charge on any atom is 0.389 e. The van der Waals surface area contributed by atoms with Gasteiger partial charge in [-0.05, 0) is 30.9 Å². The number of hydrogen-bond acceptors (Lipinski definition) is 2. The standard InChI is InChI=1S/C15H21F3N2O2/c1-10(9-21)11(2)19-14(22)20-13-6-4-3-5-12(13)7-8-15(16,17)18/h3-6,10-11,21H,7-9H2,1-2H3,(H2,19,20,22). The van der Waals surface area contributed by atoms with Crippen molar-refractivity contribution in [3.63, 3.8) is 0 Å². The monoisotopic (exact) mass is 318 g/mol. The summed E-state index contributed by atoms with van der Waals surface area (Å²) in [4.78, 5) is 11.9. The summed E-state index contributed by atoms with van der Waals surface area (Å²) in [6, 6.07) is 5.63. The number of anilines is 1. The lowest BCUT2D eigenvalue weighted by Crippen LogP contribution is -2.40. The number of aryl methyl sites for hydroxylation is 1. The molecule has 0 aromatic heterocycles. The predicted molar refractivity (Wildman–Crippen MR) is 78.7 cm³/mol. The summed E-state index contributed by atoms with van der Waals surface area (Å²) < 4.78 is 36.9. The molecule has 0 aliphatic carbocycles. The third-order valence-corrected chi connectivity index (χ3v) is 3.44. The molecule has 2 unspecified atom stereocenters. The van der Waals surface area contributed by atoms with Crippen molar-refractivity contribution in [1.29, 1.82) is 0 Å². The van der Waals surface area contributed by atoms with Crippen LogP contribution in [0.25, 0.3) is 0 Å². The van der Waals surface area contributed by atoms with Gasteiger partial charge in [-0.25, -0.2) is 4.79 Å². The molecule has 1 aromatic carbocycles. The van der Waals surface area contributed by atoms with E-state index in [2.05, 4.69) is 10.6 Å². The predicted octanol–water partition coefficient (Wildman–Crippen LogP) is 3.32. The van der Waals surface area contributed by atoms with Crippen LogP contribution in [0.1, 0.15) is 25.8 Å². The molecule has 0 spiro atoms. The Labute approximate surface area is 127 Å². The van der Waals surface area contributed by atoms with E-state index in [1.54, 1.807) is 38.1 Å². The van der Waals surface area contributed by atoms with Crippen molar-refractivity contribution in [2.24, 2.45) is 5.92 Å². The minimum absolute atomic E-state index is 0.0659. The Bertz CT molecular complexity index is 492. The fourth-order valence-electron chi connectivity index (χ4n) is 1.80. The number of urea groups is 1. The van der Waals surface area contributed by atoms with Crippen LogP contribution in [-0.2, 0) is 6.42 Å². The maximum atomic E-state index is 12.3. The molecule has 0 bridgehead atoms. The molecule has 22 heavy (non-hydrogen) atoms. The first-order valence-electron chi connectivity index (χ1n) is 7.06. The largest absolute Gasteiger partial charge is 0.396 e. The highest BCUT2D eigenvalue weighted by molar-refractivity contribution is 5.90. The third-order valence-electron chi connectivity index (χ3n) is 3.44. The van der Waals surface area contributed by atoms with Gasteiger partial charge in [0.1, 0.15) is 0 Å². The van der Waals surface area contributed by atoms with Crippen LogP contribution in [0.4, 0.5) is 23.7 Å². The molecule has 0 aliphatic rings. The molecule has 0 radical (unpaired) electrons. The van der Waals surface area contributed by atoms with Crippen LogP contribution in [-0.4, -0.2) is 30.0 Å². The molecule has 0 saturated heterocycles. The summed E-state index contributed by atoms with van der Waals surface area (Å²) in [6.07, 6.45) is -5.37. The number of carbonyl (C=O) groups excluding carboxylic acids is 1. The number of aliphatic hydroxyl groups excluding tert-OH is 1. The summed E-state index contributed by atoms with van der Waals surface area (Å²) in [5.74, 6) is -0.119. The van der Waals surface area contributed by atoms with E-state index in [0.717, 1.165) is 0 Å². The fourth-order valence-corrected chi connectivity index (χ4v) is 1.80. The molecular formula is C15H21F3N2O2. The molecule has 2 amide bonds. The Hall–Kier alpha value is -1.76. The highest BCUT2D eigenvalue weighted by Gasteiger charge is 2.27. The lowest BCUT2D eigenvalue weighted by molar-refractivity contribution is -0.133. The van der Waals surface area contributed by atoms with Crippen LogP contribution < -0.4 is 10.6 Å². The van der Waals surface area contributed by atoms with Gasteiger partial charge >= 0.3 is 12.2 Å². The molecule has 3 N–H and O–H groups in total. The highest BCUT2D eigenvalue weighted by atomic mass is 19.4. The van der Waals surface area contributed by atoms with Crippen molar-refractivity contribution in [2.75, 3.05) is 11.9 Å². The number of benzene rings is 1. The fraction of sp³-hybridized carbons (Fsp3) is 0.533. The lowest BCUT2D eigenvalue weighted by atomic mass is 10.1.